The smallest absolute Gasteiger partial charge is 0.263 e. The number of nitrogen functional groups attached to an aromatic ring is 1. The highest BCUT2D eigenvalue weighted by Crippen LogP contribution is 2.33. The molecule has 1 heterocycles. The number of rotatable bonds is 1. The molecule has 1 aromatic carbocycles. The molecule has 1 amide bonds. The maximum Gasteiger partial charge on any atom is 0.263 e. The van der Waals surface area contributed by atoms with Gasteiger partial charge in [0.1, 0.15) is 4.88 Å². The molecule has 0 saturated carbocycles. The Labute approximate surface area is 105 Å². The van der Waals surface area contributed by atoms with Crippen LogP contribution in [0.2, 0.25) is 0 Å². The minimum Gasteiger partial charge on any atom is -0.397 e. The molecular weight excluding hydrogens is 232 g/mol. The van der Waals surface area contributed by atoms with E-state index in [1.54, 1.807) is 0 Å². The van der Waals surface area contributed by atoms with Gasteiger partial charge in [-0.2, -0.15) is 0 Å². The lowest BCUT2D eigenvalue weighted by Gasteiger charge is -2.20. The van der Waals surface area contributed by atoms with Crippen LogP contribution in [0.15, 0.2) is 24.3 Å². The van der Waals surface area contributed by atoms with Crippen LogP contribution in [0.1, 0.15) is 30.4 Å². The lowest BCUT2D eigenvalue weighted by atomic mass is 10.1. The summed E-state index contributed by atoms with van der Waals surface area (Å²) in [7, 11) is 0. The van der Waals surface area contributed by atoms with Crippen LogP contribution in [-0.4, -0.2) is 11.4 Å². The lowest BCUT2D eigenvalue weighted by Crippen LogP contribution is -2.40. The van der Waals surface area contributed by atoms with E-state index in [2.05, 4.69) is 5.32 Å². The van der Waals surface area contributed by atoms with Gasteiger partial charge in [0.15, 0.2) is 0 Å². The molecule has 3 nitrogen and oxygen atoms in total. The summed E-state index contributed by atoms with van der Waals surface area (Å²) < 4.78 is 1.05. The van der Waals surface area contributed by atoms with E-state index in [1.165, 1.54) is 11.3 Å². The molecule has 3 N–H and O–H groups in total. The molecule has 0 aliphatic heterocycles. The molecule has 1 aromatic heterocycles. The SMILES string of the molecule is CC(C)(C)NC(=O)c1sc2ccccc2c1N. The van der Waals surface area contributed by atoms with Gasteiger partial charge in [0.05, 0.1) is 5.69 Å². The van der Waals surface area contributed by atoms with E-state index >= 15 is 0 Å². The zero-order valence-electron chi connectivity index (χ0n) is 10.2. The standard InChI is InChI=1S/C13H16N2OS/c1-13(2,3)15-12(16)11-10(14)8-6-4-5-7-9(8)17-11/h4-7H,14H2,1-3H3,(H,15,16). The summed E-state index contributed by atoms with van der Waals surface area (Å²) in [5, 5.41) is 3.88. The van der Waals surface area contributed by atoms with Crippen molar-refractivity contribution in [3.63, 3.8) is 0 Å². The third kappa shape index (κ3) is 2.42. The maximum atomic E-state index is 12.1. The third-order valence-corrected chi connectivity index (χ3v) is 3.51. The highest BCUT2D eigenvalue weighted by molar-refractivity contribution is 7.21. The molecule has 90 valence electrons. The Morgan fingerprint density at radius 2 is 1.94 bits per heavy atom. The number of benzene rings is 1. The molecule has 0 aliphatic carbocycles. The lowest BCUT2D eigenvalue weighted by molar-refractivity contribution is 0.0924. The van der Waals surface area contributed by atoms with Crippen LogP contribution in [0.25, 0.3) is 10.1 Å². The second-order valence-electron chi connectivity index (χ2n) is 5.05. The maximum absolute atomic E-state index is 12.1. The zero-order valence-corrected chi connectivity index (χ0v) is 11.0. The number of amides is 1. The van der Waals surface area contributed by atoms with Crippen LogP contribution in [0, 0.1) is 0 Å². The van der Waals surface area contributed by atoms with Crippen molar-refractivity contribution in [3.05, 3.63) is 29.1 Å². The molecule has 4 heteroatoms. The topological polar surface area (TPSA) is 55.1 Å². The second-order valence-corrected chi connectivity index (χ2v) is 6.10. The molecule has 17 heavy (non-hydrogen) atoms. The zero-order chi connectivity index (χ0) is 12.6. The van der Waals surface area contributed by atoms with Crippen molar-refractivity contribution in [2.24, 2.45) is 0 Å². The summed E-state index contributed by atoms with van der Waals surface area (Å²) in [6.07, 6.45) is 0. The summed E-state index contributed by atoms with van der Waals surface area (Å²) in [5.41, 5.74) is 6.33. The first kappa shape index (κ1) is 11.9. The van der Waals surface area contributed by atoms with Crippen LogP contribution in [0.4, 0.5) is 5.69 Å². The van der Waals surface area contributed by atoms with Crippen LogP contribution >= 0.6 is 11.3 Å². The highest BCUT2D eigenvalue weighted by Gasteiger charge is 2.20. The molecule has 0 unspecified atom stereocenters. The molecule has 0 fully saturated rings. The average Bonchev–Trinajstić information content (AvgIpc) is 2.55. The first-order valence-corrected chi connectivity index (χ1v) is 6.29. The summed E-state index contributed by atoms with van der Waals surface area (Å²) in [6, 6.07) is 7.79. The summed E-state index contributed by atoms with van der Waals surface area (Å²) in [5.74, 6) is -0.101. The molecule has 0 aliphatic rings. The fraction of sp³-hybridized carbons (Fsp3) is 0.308. The Kier molecular flexibility index (Phi) is 2.83. The molecule has 2 aromatic rings. The molecule has 0 bridgehead atoms. The minimum absolute atomic E-state index is 0.101. The van der Waals surface area contributed by atoms with Crippen LogP contribution in [-0.2, 0) is 0 Å². The Hall–Kier alpha value is -1.55. The van der Waals surface area contributed by atoms with Gasteiger partial charge in [0, 0.05) is 15.6 Å². The fourth-order valence-corrected chi connectivity index (χ4v) is 2.65. The minimum atomic E-state index is -0.250. The first-order valence-electron chi connectivity index (χ1n) is 5.48. The monoisotopic (exact) mass is 248 g/mol. The Morgan fingerprint density at radius 1 is 1.29 bits per heavy atom. The van der Waals surface area contributed by atoms with E-state index in [1.807, 2.05) is 45.0 Å². The van der Waals surface area contributed by atoms with Crippen LogP contribution < -0.4 is 11.1 Å². The van der Waals surface area contributed by atoms with E-state index in [0.717, 1.165) is 10.1 Å². The van der Waals surface area contributed by atoms with Gasteiger partial charge in [-0.25, -0.2) is 0 Å². The number of nitrogens with one attached hydrogen (secondary N) is 1. The fourth-order valence-electron chi connectivity index (χ4n) is 1.63. The Bertz CT molecular complexity index is 566. The number of nitrogens with two attached hydrogens (primary N) is 1. The van der Waals surface area contributed by atoms with Crippen molar-refractivity contribution >= 4 is 33.0 Å². The highest BCUT2D eigenvalue weighted by atomic mass is 32.1. The van der Waals surface area contributed by atoms with Crippen molar-refractivity contribution < 1.29 is 4.79 Å². The van der Waals surface area contributed by atoms with Crippen molar-refractivity contribution in [3.8, 4) is 0 Å². The van der Waals surface area contributed by atoms with E-state index in [9.17, 15) is 4.79 Å². The molecule has 2 rings (SSSR count). The van der Waals surface area contributed by atoms with E-state index in [4.69, 9.17) is 5.73 Å². The van der Waals surface area contributed by atoms with Gasteiger partial charge in [0.2, 0.25) is 0 Å². The van der Waals surface area contributed by atoms with Gasteiger partial charge in [0.25, 0.3) is 5.91 Å². The van der Waals surface area contributed by atoms with Gasteiger partial charge in [-0.05, 0) is 26.8 Å². The van der Waals surface area contributed by atoms with Crippen LogP contribution in [0.3, 0.4) is 0 Å². The largest absolute Gasteiger partial charge is 0.397 e. The number of carbonyl (C=O) groups excluding carboxylic acids is 1. The molecule has 0 atom stereocenters. The quantitative estimate of drug-likeness (QED) is 0.815. The summed E-state index contributed by atoms with van der Waals surface area (Å²) in [6.45, 7) is 5.86. The van der Waals surface area contributed by atoms with E-state index < -0.39 is 0 Å². The molecule has 0 radical (unpaired) electrons. The number of carbonyl (C=O) groups is 1. The van der Waals surface area contributed by atoms with Gasteiger partial charge < -0.3 is 11.1 Å². The predicted molar refractivity (Wildman–Crippen MR) is 73.5 cm³/mol. The van der Waals surface area contributed by atoms with Gasteiger partial charge in [-0.15, -0.1) is 11.3 Å². The van der Waals surface area contributed by atoms with Gasteiger partial charge in [-0.3, -0.25) is 4.79 Å². The van der Waals surface area contributed by atoms with Gasteiger partial charge >= 0.3 is 0 Å². The first-order chi connectivity index (χ1) is 7.88. The number of anilines is 1. The number of fused-ring (bicyclic) bond motifs is 1. The molecule has 0 saturated heterocycles. The predicted octanol–water partition coefficient (Wildman–Crippen LogP) is 3.01. The summed E-state index contributed by atoms with van der Waals surface area (Å²) in [4.78, 5) is 12.7. The number of hydrogen-bond donors (Lipinski definition) is 2. The van der Waals surface area contributed by atoms with Crippen molar-refractivity contribution in [1.29, 1.82) is 0 Å². The average molecular weight is 248 g/mol. The Balaban J connectivity index is 2.43. The molecular formula is C13H16N2OS. The van der Waals surface area contributed by atoms with Crippen molar-refractivity contribution in [2.75, 3.05) is 5.73 Å². The second kappa shape index (κ2) is 4.04. The number of thiophene rings is 1. The van der Waals surface area contributed by atoms with Crippen molar-refractivity contribution in [2.45, 2.75) is 26.3 Å². The third-order valence-electron chi connectivity index (χ3n) is 2.33. The van der Waals surface area contributed by atoms with Gasteiger partial charge in [-0.1, -0.05) is 18.2 Å². The van der Waals surface area contributed by atoms with E-state index in [-0.39, 0.29) is 11.4 Å². The molecule has 0 spiro atoms. The van der Waals surface area contributed by atoms with Crippen LogP contribution in [0.5, 0.6) is 0 Å². The number of hydrogen-bond acceptors (Lipinski definition) is 3. The summed E-state index contributed by atoms with van der Waals surface area (Å²) >= 11 is 1.44. The normalized spacial score (nSPS) is 11.7. The Morgan fingerprint density at radius 3 is 2.53 bits per heavy atom. The van der Waals surface area contributed by atoms with Crippen molar-refractivity contribution in [1.82, 2.24) is 5.32 Å². The van der Waals surface area contributed by atoms with E-state index in [0.29, 0.717) is 10.6 Å².